The summed E-state index contributed by atoms with van der Waals surface area (Å²) in [7, 11) is 0. The number of rotatable bonds is 10. The van der Waals surface area contributed by atoms with Gasteiger partial charge in [-0.3, -0.25) is 4.79 Å². The second kappa shape index (κ2) is 9.12. The van der Waals surface area contributed by atoms with Crippen LogP contribution in [-0.4, -0.2) is 43.3 Å². The number of furan rings is 1. The molecule has 7 nitrogen and oxygen atoms in total. The minimum absolute atomic E-state index is 0.250. The largest absolute Gasteiger partial charge is 0.480 e. The number of carboxylic acid groups (broad SMARTS) is 1. The van der Waals surface area contributed by atoms with Crippen LogP contribution < -0.4 is 5.32 Å². The predicted molar refractivity (Wildman–Crippen MR) is 64.4 cm³/mol. The number of ether oxygens (including phenoxy) is 2. The summed E-state index contributed by atoms with van der Waals surface area (Å²) in [5.74, 6) is -0.683. The maximum Gasteiger partial charge on any atom is 0.329 e. The van der Waals surface area contributed by atoms with E-state index < -0.39 is 12.6 Å². The molecule has 0 saturated heterocycles. The van der Waals surface area contributed by atoms with Crippen LogP contribution in [0.25, 0.3) is 0 Å². The lowest BCUT2D eigenvalue weighted by atomic mass is 10.4. The van der Waals surface area contributed by atoms with Crippen molar-refractivity contribution >= 4 is 11.9 Å². The first-order valence-electron chi connectivity index (χ1n) is 5.85. The van der Waals surface area contributed by atoms with Crippen LogP contribution in [-0.2, 0) is 25.7 Å². The fraction of sp³-hybridized carbons (Fsp3) is 0.500. The van der Waals surface area contributed by atoms with Gasteiger partial charge in [0, 0.05) is 13.2 Å². The molecule has 1 aromatic heterocycles. The number of hydrogen-bond donors (Lipinski definition) is 2. The van der Waals surface area contributed by atoms with E-state index in [9.17, 15) is 9.59 Å². The predicted octanol–water partition coefficient (Wildman–Crippen LogP) is 0.404. The highest BCUT2D eigenvalue weighted by molar-refractivity contribution is 5.77. The molecule has 106 valence electrons. The summed E-state index contributed by atoms with van der Waals surface area (Å²) < 4.78 is 15.0. The third-order valence-corrected chi connectivity index (χ3v) is 2.07. The Bertz CT molecular complexity index is 376. The molecule has 1 rings (SSSR count). The van der Waals surface area contributed by atoms with E-state index in [1.165, 1.54) is 0 Å². The van der Waals surface area contributed by atoms with E-state index in [4.69, 9.17) is 14.3 Å². The zero-order valence-electron chi connectivity index (χ0n) is 10.5. The molecule has 1 heterocycles. The molecule has 0 aliphatic carbocycles. The van der Waals surface area contributed by atoms with Crippen molar-refractivity contribution in [2.24, 2.45) is 0 Å². The van der Waals surface area contributed by atoms with E-state index >= 15 is 0 Å². The van der Waals surface area contributed by atoms with Gasteiger partial charge in [0.2, 0.25) is 5.91 Å². The average molecular weight is 271 g/mol. The summed E-state index contributed by atoms with van der Waals surface area (Å²) in [5.41, 5.74) is 0. The Labute approximate surface area is 110 Å². The molecule has 0 unspecified atom stereocenters. The van der Waals surface area contributed by atoms with Crippen molar-refractivity contribution in [3.63, 3.8) is 0 Å². The van der Waals surface area contributed by atoms with Gasteiger partial charge in [0.1, 0.15) is 25.6 Å². The zero-order chi connectivity index (χ0) is 13.9. The van der Waals surface area contributed by atoms with Crippen LogP contribution in [0.3, 0.4) is 0 Å². The van der Waals surface area contributed by atoms with Crippen molar-refractivity contribution in [2.45, 2.75) is 13.0 Å². The lowest BCUT2D eigenvalue weighted by Gasteiger charge is -2.05. The van der Waals surface area contributed by atoms with Crippen molar-refractivity contribution in [3.8, 4) is 0 Å². The fourth-order valence-corrected chi connectivity index (χ4v) is 1.25. The number of carbonyl (C=O) groups is 2. The Morgan fingerprint density at radius 1 is 1.32 bits per heavy atom. The SMILES string of the molecule is O=C(O)COCC(=O)NCCCOCc1ccco1. The van der Waals surface area contributed by atoms with Gasteiger partial charge in [-0.25, -0.2) is 4.79 Å². The number of nitrogens with one attached hydrogen (secondary N) is 1. The lowest BCUT2D eigenvalue weighted by molar-refractivity contribution is -0.143. The summed E-state index contributed by atoms with van der Waals surface area (Å²) in [6.45, 7) is 0.631. The van der Waals surface area contributed by atoms with Crippen molar-refractivity contribution in [1.82, 2.24) is 5.32 Å². The Hall–Kier alpha value is -1.86. The minimum Gasteiger partial charge on any atom is -0.480 e. The van der Waals surface area contributed by atoms with Gasteiger partial charge in [0.25, 0.3) is 0 Å². The molecule has 19 heavy (non-hydrogen) atoms. The van der Waals surface area contributed by atoms with Crippen molar-refractivity contribution in [2.75, 3.05) is 26.4 Å². The standard InChI is InChI=1S/C12H17NO6/c14-11(8-18-9-12(15)16)13-4-2-5-17-7-10-3-1-6-19-10/h1,3,6H,2,4-5,7-9H2,(H,13,14)(H,15,16). The number of carbonyl (C=O) groups excluding carboxylic acids is 1. The van der Waals surface area contributed by atoms with E-state index in [0.29, 0.717) is 26.2 Å². The van der Waals surface area contributed by atoms with Crippen molar-refractivity contribution < 1.29 is 28.6 Å². The Kier molecular flexibility index (Phi) is 7.30. The van der Waals surface area contributed by atoms with Crippen molar-refractivity contribution in [1.29, 1.82) is 0 Å². The van der Waals surface area contributed by atoms with Gasteiger partial charge >= 0.3 is 5.97 Å². The van der Waals surface area contributed by atoms with Crippen LogP contribution in [0, 0.1) is 0 Å². The Morgan fingerprint density at radius 3 is 2.84 bits per heavy atom. The van der Waals surface area contributed by atoms with Gasteiger partial charge in [-0.15, -0.1) is 0 Å². The van der Waals surface area contributed by atoms with Gasteiger partial charge in [0.15, 0.2) is 0 Å². The van der Waals surface area contributed by atoms with Crippen LogP contribution in [0.2, 0.25) is 0 Å². The second-order valence-corrected chi connectivity index (χ2v) is 3.72. The van der Waals surface area contributed by atoms with Gasteiger partial charge in [-0.1, -0.05) is 0 Å². The second-order valence-electron chi connectivity index (χ2n) is 3.72. The monoisotopic (exact) mass is 271 g/mol. The topological polar surface area (TPSA) is 98.0 Å². The summed E-state index contributed by atoms with van der Waals surface area (Å²) in [6, 6.07) is 3.61. The first-order chi connectivity index (χ1) is 9.18. The highest BCUT2D eigenvalue weighted by Gasteiger charge is 2.03. The van der Waals surface area contributed by atoms with E-state index in [1.807, 2.05) is 6.07 Å². The summed E-state index contributed by atoms with van der Waals surface area (Å²) in [6.07, 6.45) is 2.24. The molecule has 1 amide bonds. The Morgan fingerprint density at radius 2 is 2.16 bits per heavy atom. The molecule has 0 aliphatic rings. The normalized spacial score (nSPS) is 10.3. The molecular formula is C12H17NO6. The Balaban J connectivity index is 1.90. The number of aliphatic carboxylic acids is 1. The van der Waals surface area contributed by atoms with Crippen LogP contribution in [0.15, 0.2) is 22.8 Å². The van der Waals surface area contributed by atoms with Gasteiger partial charge in [0.05, 0.1) is 6.26 Å². The van der Waals surface area contributed by atoms with Crippen LogP contribution in [0.1, 0.15) is 12.2 Å². The van der Waals surface area contributed by atoms with E-state index in [2.05, 4.69) is 10.1 Å². The highest BCUT2D eigenvalue weighted by Crippen LogP contribution is 2.01. The number of hydrogen-bond acceptors (Lipinski definition) is 5. The molecule has 7 heteroatoms. The van der Waals surface area contributed by atoms with Gasteiger partial charge in [-0.05, 0) is 18.6 Å². The summed E-state index contributed by atoms with van der Waals surface area (Å²) in [5, 5.41) is 10.9. The molecule has 1 aromatic rings. The fourth-order valence-electron chi connectivity index (χ4n) is 1.25. The molecule has 0 aromatic carbocycles. The minimum atomic E-state index is -1.10. The van der Waals surface area contributed by atoms with Crippen molar-refractivity contribution in [3.05, 3.63) is 24.2 Å². The highest BCUT2D eigenvalue weighted by atomic mass is 16.5. The molecule has 0 bridgehead atoms. The summed E-state index contributed by atoms with van der Waals surface area (Å²) in [4.78, 5) is 21.3. The molecule has 2 N–H and O–H groups in total. The molecule has 0 spiro atoms. The van der Waals surface area contributed by atoms with Gasteiger partial charge in [-0.2, -0.15) is 0 Å². The smallest absolute Gasteiger partial charge is 0.329 e. The van der Waals surface area contributed by atoms with Gasteiger partial charge < -0.3 is 24.3 Å². The third kappa shape index (κ3) is 7.96. The van der Waals surface area contributed by atoms with Crippen LogP contribution >= 0.6 is 0 Å². The van der Waals surface area contributed by atoms with Crippen LogP contribution in [0.4, 0.5) is 0 Å². The molecule has 0 atom stereocenters. The summed E-state index contributed by atoms with van der Waals surface area (Å²) >= 11 is 0. The maximum atomic E-state index is 11.2. The molecule has 0 radical (unpaired) electrons. The maximum absolute atomic E-state index is 11.2. The number of amides is 1. The zero-order valence-corrected chi connectivity index (χ0v) is 10.5. The number of carboxylic acids is 1. The molecule has 0 saturated carbocycles. The third-order valence-electron chi connectivity index (χ3n) is 2.07. The quantitative estimate of drug-likeness (QED) is 0.598. The molecular weight excluding hydrogens is 254 g/mol. The van der Waals surface area contributed by atoms with Crippen LogP contribution in [0.5, 0.6) is 0 Å². The lowest BCUT2D eigenvalue weighted by Crippen LogP contribution is -2.29. The van der Waals surface area contributed by atoms with E-state index in [0.717, 1.165) is 5.76 Å². The van der Waals surface area contributed by atoms with E-state index in [-0.39, 0.29) is 12.5 Å². The average Bonchev–Trinajstić information content (AvgIpc) is 2.86. The van der Waals surface area contributed by atoms with E-state index in [1.54, 1.807) is 12.3 Å². The molecule has 0 aliphatic heterocycles. The first kappa shape index (κ1) is 15.2. The molecule has 0 fully saturated rings. The first-order valence-corrected chi connectivity index (χ1v) is 5.85.